The summed E-state index contributed by atoms with van der Waals surface area (Å²) in [6.45, 7) is 1.07. The van der Waals surface area contributed by atoms with E-state index in [4.69, 9.17) is 24.6 Å². The molecule has 3 aromatic rings. The minimum Gasteiger partial charge on any atom is -0.493 e. The molecule has 4 N–H and O–H groups in total. The molecule has 43 heavy (non-hydrogen) atoms. The Bertz CT molecular complexity index is 1720. The summed E-state index contributed by atoms with van der Waals surface area (Å²) in [6.07, 6.45) is 3.69. The number of anilines is 1. The van der Waals surface area contributed by atoms with Gasteiger partial charge in [-0.2, -0.15) is 8.42 Å². The highest BCUT2D eigenvalue weighted by Crippen LogP contribution is 2.37. The number of carboxylic acid groups (broad SMARTS) is 1. The molecule has 0 amide bonds. The number of aromatic nitrogens is 2. The molecule has 0 bridgehead atoms. The first-order chi connectivity index (χ1) is 20.3. The van der Waals surface area contributed by atoms with Crippen molar-refractivity contribution in [2.75, 3.05) is 45.0 Å². The number of benzene rings is 1. The Labute approximate surface area is 246 Å². The quantitative estimate of drug-likeness (QED) is 0.233. The summed E-state index contributed by atoms with van der Waals surface area (Å²) in [6, 6.07) is 6.51. The van der Waals surface area contributed by atoms with Gasteiger partial charge in [0.15, 0.2) is 23.1 Å². The van der Waals surface area contributed by atoms with Gasteiger partial charge in [-0.25, -0.2) is 14.2 Å². The highest BCUT2D eigenvalue weighted by Gasteiger charge is 2.33. The molecule has 2 aliphatic rings. The third-order valence-electron chi connectivity index (χ3n) is 6.82. The van der Waals surface area contributed by atoms with Crippen molar-refractivity contribution >= 4 is 38.7 Å². The molecule has 1 aromatic carbocycles. The van der Waals surface area contributed by atoms with Gasteiger partial charge in [-0.15, -0.1) is 0 Å². The molecular formula is C27H32FN5O9S. The summed E-state index contributed by atoms with van der Waals surface area (Å²) in [5, 5.41) is 13.7. The van der Waals surface area contributed by atoms with Crippen LogP contribution in [0.5, 0.6) is 11.5 Å². The van der Waals surface area contributed by atoms with E-state index in [1.165, 1.54) is 6.20 Å². The third kappa shape index (κ3) is 7.57. The standard InChI is InChI=1S/C26H28FN5O6.CH4O3S/c1-36-21-6-3-14(7-22(21)37-2)13-38-30-20-12-31(10-15(20)9-28)25-19(27)8-17-23(33)18(26(34)35)11-32(16-4-5-16)24(17)29-25;1-5(2,3)4/h3,6-8,11,15-16H,4-5,9-10,12-13,28H2,1-2H3,(H,34,35);1H3,(H,2,3,4)/b30-20+;. The second-order valence-corrected chi connectivity index (χ2v) is 11.5. The van der Waals surface area contributed by atoms with Crippen molar-refractivity contribution in [1.82, 2.24) is 9.55 Å². The van der Waals surface area contributed by atoms with Crippen LogP contribution < -0.4 is 25.5 Å². The third-order valence-corrected chi connectivity index (χ3v) is 6.82. The molecule has 1 aliphatic heterocycles. The second kappa shape index (κ2) is 12.9. The van der Waals surface area contributed by atoms with Crippen molar-refractivity contribution in [3.05, 3.63) is 57.6 Å². The van der Waals surface area contributed by atoms with E-state index in [-0.39, 0.29) is 48.5 Å². The molecule has 1 saturated carbocycles. The zero-order valence-corrected chi connectivity index (χ0v) is 24.5. The lowest BCUT2D eigenvalue weighted by Crippen LogP contribution is -2.26. The number of nitrogens with two attached hydrogens (primary N) is 1. The first kappa shape index (κ1) is 31.7. The molecule has 2 aromatic heterocycles. The predicted molar refractivity (Wildman–Crippen MR) is 155 cm³/mol. The largest absolute Gasteiger partial charge is 0.493 e. The van der Waals surface area contributed by atoms with Crippen molar-refractivity contribution in [3.63, 3.8) is 0 Å². The number of methoxy groups -OCH3 is 2. The van der Waals surface area contributed by atoms with Crippen LogP contribution in [0.25, 0.3) is 11.0 Å². The van der Waals surface area contributed by atoms with E-state index in [1.807, 2.05) is 6.07 Å². The van der Waals surface area contributed by atoms with E-state index >= 15 is 4.39 Å². The maximum absolute atomic E-state index is 15.3. The zero-order chi connectivity index (χ0) is 31.5. The van der Waals surface area contributed by atoms with E-state index < -0.39 is 32.9 Å². The molecule has 14 nitrogen and oxygen atoms in total. The lowest BCUT2D eigenvalue weighted by Gasteiger charge is -2.19. The lowest BCUT2D eigenvalue weighted by molar-refractivity contribution is 0.0694. The molecule has 2 fully saturated rings. The molecule has 1 unspecified atom stereocenters. The van der Waals surface area contributed by atoms with Gasteiger partial charge in [-0.05, 0) is 36.6 Å². The summed E-state index contributed by atoms with van der Waals surface area (Å²) in [5.74, 6) is -1.02. The van der Waals surface area contributed by atoms with Gasteiger partial charge in [-0.1, -0.05) is 11.2 Å². The van der Waals surface area contributed by atoms with Gasteiger partial charge in [0.25, 0.3) is 10.1 Å². The Hall–Kier alpha value is -4.28. The van der Waals surface area contributed by atoms with Crippen molar-refractivity contribution in [2.24, 2.45) is 16.8 Å². The summed E-state index contributed by atoms with van der Waals surface area (Å²) in [4.78, 5) is 36.1. The Morgan fingerprint density at radius 3 is 2.47 bits per heavy atom. The number of rotatable bonds is 9. The Morgan fingerprint density at radius 1 is 1.21 bits per heavy atom. The Balaban J connectivity index is 0.000000782. The number of ether oxygens (including phenoxy) is 2. The number of carboxylic acids is 1. The lowest BCUT2D eigenvalue weighted by atomic mass is 10.1. The second-order valence-electron chi connectivity index (χ2n) is 10.1. The molecule has 1 saturated heterocycles. The monoisotopic (exact) mass is 621 g/mol. The van der Waals surface area contributed by atoms with Crippen molar-refractivity contribution in [3.8, 4) is 11.5 Å². The fourth-order valence-corrected chi connectivity index (χ4v) is 4.64. The van der Waals surface area contributed by atoms with Crippen LogP contribution in [0.15, 0.2) is 40.4 Å². The van der Waals surface area contributed by atoms with Crippen LogP contribution in [0.1, 0.15) is 34.8 Å². The van der Waals surface area contributed by atoms with Gasteiger partial charge >= 0.3 is 5.97 Å². The van der Waals surface area contributed by atoms with Gasteiger partial charge in [-0.3, -0.25) is 9.35 Å². The number of carbonyl (C=O) groups is 1. The van der Waals surface area contributed by atoms with Crippen molar-refractivity contribution in [2.45, 2.75) is 25.5 Å². The average Bonchev–Trinajstić information content (AvgIpc) is 3.71. The van der Waals surface area contributed by atoms with E-state index in [0.29, 0.717) is 30.0 Å². The first-order valence-corrected chi connectivity index (χ1v) is 14.9. The summed E-state index contributed by atoms with van der Waals surface area (Å²) in [5.41, 5.74) is 6.56. The smallest absolute Gasteiger partial charge is 0.341 e. The number of aromatic carboxylic acids is 1. The highest BCUT2D eigenvalue weighted by molar-refractivity contribution is 7.85. The molecule has 16 heteroatoms. The summed E-state index contributed by atoms with van der Waals surface area (Å²) in [7, 11) is -0.555. The number of pyridine rings is 2. The zero-order valence-electron chi connectivity index (χ0n) is 23.7. The van der Waals surface area contributed by atoms with Crippen LogP contribution in [0, 0.1) is 11.7 Å². The Morgan fingerprint density at radius 2 is 1.88 bits per heavy atom. The summed E-state index contributed by atoms with van der Waals surface area (Å²) < 4.78 is 53.4. The van der Waals surface area contributed by atoms with Crippen molar-refractivity contribution in [1.29, 1.82) is 0 Å². The van der Waals surface area contributed by atoms with Crippen molar-refractivity contribution < 1.29 is 41.6 Å². The van der Waals surface area contributed by atoms with Crippen LogP contribution in [0.4, 0.5) is 10.2 Å². The van der Waals surface area contributed by atoms with Gasteiger partial charge in [0.2, 0.25) is 5.43 Å². The van der Waals surface area contributed by atoms with Crippen LogP contribution in [0.3, 0.4) is 0 Å². The molecular weight excluding hydrogens is 589 g/mol. The molecule has 3 heterocycles. The topological polar surface area (TPSA) is 196 Å². The van der Waals surface area contributed by atoms with Gasteiger partial charge in [0, 0.05) is 31.2 Å². The fraction of sp³-hybridized carbons (Fsp3) is 0.407. The first-order valence-electron chi connectivity index (χ1n) is 13.1. The number of hydrogen-bond acceptors (Lipinski definition) is 11. The number of nitrogens with zero attached hydrogens (tertiary/aromatic N) is 4. The van der Waals surface area contributed by atoms with E-state index in [9.17, 15) is 23.1 Å². The number of oxime groups is 1. The minimum atomic E-state index is -3.67. The van der Waals surface area contributed by atoms with E-state index in [1.54, 1.807) is 35.8 Å². The molecule has 0 radical (unpaired) electrons. The fourth-order valence-electron chi connectivity index (χ4n) is 4.64. The normalized spacial score (nSPS) is 17.5. The molecule has 1 atom stereocenters. The van der Waals surface area contributed by atoms with Gasteiger partial charge in [0.05, 0.1) is 38.1 Å². The highest BCUT2D eigenvalue weighted by atomic mass is 32.2. The van der Waals surface area contributed by atoms with Gasteiger partial charge < -0.3 is 34.6 Å². The van der Waals surface area contributed by atoms with Crippen LogP contribution >= 0.6 is 0 Å². The molecule has 1 aliphatic carbocycles. The van der Waals surface area contributed by atoms with E-state index in [2.05, 4.69) is 10.1 Å². The molecule has 5 rings (SSSR count). The maximum atomic E-state index is 15.3. The molecule has 232 valence electrons. The maximum Gasteiger partial charge on any atom is 0.341 e. The van der Waals surface area contributed by atoms with Gasteiger partial charge in [0.1, 0.15) is 17.8 Å². The minimum absolute atomic E-state index is 0.0273. The Kier molecular flexibility index (Phi) is 9.52. The average molecular weight is 622 g/mol. The van der Waals surface area contributed by atoms with E-state index in [0.717, 1.165) is 24.5 Å². The number of fused-ring (bicyclic) bond motifs is 1. The molecule has 0 spiro atoms. The van der Waals surface area contributed by atoms with Crippen LogP contribution in [-0.4, -0.2) is 79.4 Å². The van der Waals surface area contributed by atoms with Crippen LogP contribution in [-0.2, 0) is 21.6 Å². The predicted octanol–water partition coefficient (Wildman–Crippen LogP) is 2.06. The SMILES string of the molecule is COc1ccc(CO/N=C2\CN(c3nc4c(cc3F)c(=O)c(C(=O)O)cn4C3CC3)CC2CN)cc1OC.CS(=O)(=O)O. The summed E-state index contributed by atoms with van der Waals surface area (Å²) >= 11 is 0. The van der Waals surface area contributed by atoms with Crippen LogP contribution in [0.2, 0.25) is 0 Å². The number of hydrogen-bond donors (Lipinski definition) is 3. The number of halogens is 1.